The molecule has 1 saturated carbocycles. The van der Waals surface area contributed by atoms with E-state index in [1.54, 1.807) is 0 Å². The molecule has 1 aromatic heterocycles. The maximum absolute atomic E-state index is 12.2. The van der Waals surface area contributed by atoms with Gasteiger partial charge in [-0.05, 0) is 48.6 Å². The molecule has 2 amide bonds. The molecule has 32 heavy (non-hydrogen) atoms. The largest absolute Gasteiger partial charge is 0.493 e. The molecule has 1 aliphatic carbocycles. The van der Waals surface area contributed by atoms with Gasteiger partial charge in [0.15, 0.2) is 0 Å². The van der Waals surface area contributed by atoms with Gasteiger partial charge in [-0.25, -0.2) is 9.59 Å². The third kappa shape index (κ3) is 7.55. The predicted molar refractivity (Wildman–Crippen MR) is 123 cm³/mol. The summed E-state index contributed by atoms with van der Waals surface area (Å²) in [7, 11) is 0. The number of rotatable bonds is 10. The van der Waals surface area contributed by atoms with Crippen LogP contribution in [-0.2, 0) is 24.1 Å². The first-order valence-corrected chi connectivity index (χ1v) is 11.5. The number of carbonyl (C=O) groups excluding carboxylic acids is 1. The summed E-state index contributed by atoms with van der Waals surface area (Å²) in [5.41, 5.74) is 3.02. The summed E-state index contributed by atoms with van der Waals surface area (Å²) in [6.45, 7) is 2.61. The van der Waals surface area contributed by atoms with Crippen molar-refractivity contribution in [2.45, 2.75) is 70.4 Å². The average molecular weight is 440 g/mol. The molecule has 1 fully saturated rings. The molecule has 0 aliphatic heterocycles. The van der Waals surface area contributed by atoms with Crippen molar-refractivity contribution in [3.8, 4) is 5.75 Å². The number of ether oxygens (including phenoxy) is 1. The topological polar surface area (TPSA) is 101 Å². The van der Waals surface area contributed by atoms with Crippen LogP contribution in [-0.4, -0.2) is 40.8 Å². The lowest BCUT2D eigenvalue weighted by atomic mass is 9.96. The highest BCUT2D eigenvalue weighted by atomic mass is 16.5. The van der Waals surface area contributed by atoms with E-state index in [2.05, 4.69) is 28.6 Å². The van der Waals surface area contributed by atoms with Gasteiger partial charge in [0, 0.05) is 30.8 Å². The van der Waals surface area contributed by atoms with Crippen LogP contribution in [0.25, 0.3) is 0 Å². The van der Waals surface area contributed by atoms with Crippen LogP contribution in [0.15, 0.2) is 42.6 Å². The van der Waals surface area contributed by atoms with Gasteiger partial charge in [0.25, 0.3) is 0 Å². The predicted octanol–water partition coefficient (Wildman–Crippen LogP) is 3.89. The molecule has 0 spiro atoms. The fourth-order valence-corrected chi connectivity index (χ4v) is 3.88. The highest BCUT2D eigenvalue weighted by molar-refractivity contribution is 5.82. The number of aromatic nitrogens is 1. The van der Waals surface area contributed by atoms with E-state index in [-0.39, 0.29) is 12.5 Å². The van der Waals surface area contributed by atoms with Crippen molar-refractivity contribution in [2.75, 3.05) is 6.61 Å². The first kappa shape index (κ1) is 23.6. The summed E-state index contributed by atoms with van der Waals surface area (Å²) < 4.78 is 5.79. The Labute approximate surface area is 189 Å². The molecule has 1 aliphatic rings. The van der Waals surface area contributed by atoms with Crippen LogP contribution in [0.1, 0.15) is 55.8 Å². The molecule has 0 bridgehead atoms. The second kappa shape index (κ2) is 12.1. The minimum absolute atomic E-state index is 0.134. The van der Waals surface area contributed by atoms with Crippen LogP contribution in [0.4, 0.5) is 4.79 Å². The zero-order valence-electron chi connectivity index (χ0n) is 18.7. The molecular weight excluding hydrogens is 406 g/mol. The second-order valence-electron chi connectivity index (χ2n) is 8.30. The van der Waals surface area contributed by atoms with Gasteiger partial charge >= 0.3 is 12.0 Å². The van der Waals surface area contributed by atoms with Gasteiger partial charge in [-0.15, -0.1) is 0 Å². The zero-order chi connectivity index (χ0) is 22.8. The van der Waals surface area contributed by atoms with Crippen molar-refractivity contribution in [3.05, 3.63) is 59.4 Å². The van der Waals surface area contributed by atoms with Crippen LogP contribution in [0.3, 0.4) is 0 Å². The number of carbonyl (C=O) groups is 2. The van der Waals surface area contributed by atoms with Crippen LogP contribution in [0.2, 0.25) is 0 Å². The van der Waals surface area contributed by atoms with Crippen molar-refractivity contribution in [1.82, 2.24) is 15.6 Å². The Hall–Kier alpha value is -3.09. The van der Waals surface area contributed by atoms with Crippen LogP contribution < -0.4 is 15.4 Å². The smallest absolute Gasteiger partial charge is 0.326 e. The van der Waals surface area contributed by atoms with Gasteiger partial charge in [0.2, 0.25) is 0 Å². The number of nitrogens with one attached hydrogen (secondary N) is 2. The normalized spacial score (nSPS) is 15.0. The third-order valence-corrected chi connectivity index (χ3v) is 5.83. The Balaban J connectivity index is 1.45. The molecule has 1 aromatic carbocycles. The zero-order valence-corrected chi connectivity index (χ0v) is 18.7. The Morgan fingerprint density at radius 1 is 1.09 bits per heavy atom. The number of pyridine rings is 1. The van der Waals surface area contributed by atoms with E-state index in [9.17, 15) is 14.7 Å². The van der Waals surface area contributed by atoms with E-state index < -0.39 is 18.0 Å². The number of amides is 2. The Kier molecular flexibility index (Phi) is 8.90. The Morgan fingerprint density at radius 3 is 2.44 bits per heavy atom. The molecule has 1 unspecified atom stereocenters. The van der Waals surface area contributed by atoms with E-state index in [1.165, 1.54) is 12.0 Å². The number of carboxylic acid groups (broad SMARTS) is 1. The van der Waals surface area contributed by atoms with Crippen molar-refractivity contribution in [2.24, 2.45) is 0 Å². The number of carboxylic acids is 1. The molecule has 2 aromatic rings. The lowest BCUT2D eigenvalue weighted by molar-refractivity contribution is -0.139. The first-order valence-electron chi connectivity index (χ1n) is 11.5. The Bertz CT molecular complexity index is 862. The molecule has 1 heterocycles. The van der Waals surface area contributed by atoms with E-state index in [1.807, 2.05) is 36.5 Å². The van der Waals surface area contributed by atoms with E-state index in [0.717, 1.165) is 43.4 Å². The molecule has 172 valence electrons. The fraction of sp³-hybridized carbons (Fsp3) is 0.480. The standard InChI is InChI=1S/C25H33N3O4/c1-2-18-8-11-20(26-17-18)14-15-32-22-12-9-19(10-13-22)16-23(24(29)30)28-25(31)27-21-6-4-3-5-7-21/h8-13,17,21,23H,2-7,14-16H2,1H3,(H,29,30)(H2,27,28,31). The summed E-state index contributed by atoms with van der Waals surface area (Å²) in [6, 6.07) is 10.2. The summed E-state index contributed by atoms with van der Waals surface area (Å²) in [5, 5.41) is 15.0. The Morgan fingerprint density at radius 2 is 1.81 bits per heavy atom. The lowest BCUT2D eigenvalue weighted by Gasteiger charge is -2.24. The first-order chi connectivity index (χ1) is 15.5. The molecule has 0 radical (unpaired) electrons. The van der Waals surface area contributed by atoms with Crippen LogP contribution in [0, 0.1) is 0 Å². The highest BCUT2D eigenvalue weighted by Gasteiger charge is 2.22. The highest BCUT2D eigenvalue weighted by Crippen LogP contribution is 2.17. The molecule has 3 rings (SSSR count). The van der Waals surface area contributed by atoms with Crippen molar-refractivity contribution in [1.29, 1.82) is 0 Å². The summed E-state index contributed by atoms with van der Waals surface area (Å²) in [6.07, 6.45) is 9.09. The van der Waals surface area contributed by atoms with Crippen LogP contribution >= 0.6 is 0 Å². The van der Waals surface area contributed by atoms with Crippen molar-refractivity contribution >= 4 is 12.0 Å². The van der Waals surface area contributed by atoms with Crippen molar-refractivity contribution < 1.29 is 19.4 Å². The van der Waals surface area contributed by atoms with E-state index in [4.69, 9.17) is 4.74 Å². The monoisotopic (exact) mass is 439 g/mol. The number of hydrogen-bond donors (Lipinski definition) is 3. The lowest BCUT2D eigenvalue weighted by Crippen LogP contribution is -2.50. The second-order valence-corrected chi connectivity index (χ2v) is 8.30. The maximum Gasteiger partial charge on any atom is 0.326 e. The maximum atomic E-state index is 12.2. The number of urea groups is 1. The summed E-state index contributed by atoms with van der Waals surface area (Å²) >= 11 is 0. The van der Waals surface area contributed by atoms with E-state index in [0.29, 0.717) is 18.8 Å². The van der Waals surface area contributed by atoms with Crippen LogP contribution in [0.5, 0.6) is 5.75 Å². The quantitative estimate of drug-likeness (QED) is 0.521. The number of aryl methyl sites for hydroxylation is 1. The SMILES string of the molecule is CCc1ccc(CCOc2ccc(CC(NC(=O)NC3CCCCC3)C(=O)O)cc2)nc1. The minimum atomic E-state index is -1.05. The van der Waals surface area contributed by atoms with Gasteiger partial charge in [0.05, 0.1) is 6.61 Å². The third-order valence-electron chi connectivity index (χ3n) is 5.83. The fourth-order valence-electron chi connectivity index (χ4n) is 3.88. The molecule has 1 atom stereocenters. The van der Waals surface area contributed by atoms with Gasteiger partial charge in [0.1, 0.15) is 11.8 Å². The van der Waals surface area contributed by atoms with Gasteiger partial charge in [-0.2, -0.15) is 0 Å². The number of hydrogen-bond acceptors (Lipinski definition) is 4. The van der Waals surface area contributed by atoms with Gasteiger partial charge in [-0.1, -0.05) is 44.4 Å². The molecule has 7 nitrogen and oxygen atoms in total. The molecule has 3 N–H and O–H groups in total. The molecular formula is C25H33N3O4. The van der Waals surface area contributed by atoms with Gasteiger partial charge in [-0.3, -0.25) is 4.98 Å². The number of nitrogens with zero attached hydrogens (tertiary/aromatic N) is 1. The molecule has 7 heteroatoms. The number of aliphatic carboxylic acids is 1. The van der Waals surface area contributed by atoms with Gasteiger partial charge < -0.3 is 20.5 Å². The average Bonchev–Trinajstić information content (AvgIpc) is 2.81. The molecule has 0 saturated heterocycles. The van der Waals surface area contributed by atoms with E-state index >= 15 is 0 Å². The number of benzene rings is 1. The van der Waals surface area contributed by atoms with Crippen molar-refractivity contribution in [3.63, 3.8) is 0 Å². The minimum Gasteiger partial charge on any atom is -0.493 e. The summed E-state index contributed by atoms with van der Waals surface area (Å²) in [5.74, 6) is -0.334. The summed E-state index contributed by atoms with van der Waals surface area (Å²) in [4.78, 5) is 28.3.